The molecule has 0 spiro atoms. The van der Waals surface area contributed by atoms with Gasteiger partial charge in [-0.25, -0.2) is 9.97 Å². The average molecular weight is 300 g/mol. The standard InChI is InChI=1S/C12H18ClN5O2/c1-17(8-11(14)19)6-10-7-18(2-3-20-10)12-15-4-9(13)5-16-12/h4-5,10H,2-3,6-8H2,1H3,(H2,14,19)/t10-/m1/s1. The van der Waals surface area contributed by atoms with Gasteiger partial charge in [-0.3, -0.25) is 9.69 Å². The molecule has 0 unspecified atom stereocenters. The summed E-state index contributed by atoms with van der Waals surface area (Å²) in [6.07, 6.45) is 3.15. The molecule has 1 aromatic heterocycles. The highest BCUT2D eigenvalue weighted by Gasteiger charge is 2.23. The van der Waals surface area contributed by atoms with Crippen molar-refractivity contribution in [3.05, 3.63) is 17.4 Å². The molecular weight excluding hydrogens is 282 g/mol. The summed E-state index contributed by atoms with van der Waals surface area (Å²) in [6, 6.07) is 0. The fourth-order valence-electron chi connectivity index (χ4n) is 2.16. The Morgan fingerprint density at radius 3 is 2.95 bits per heavy atom. The summed E-state index contributed by atoms with van der Waals surface area (Å²) in [5.74, 6) is 0.293. The van der Waals surface area contributed by atoms with Crippen molar-refractivity contribution in [1.82, 2.24) is 14.9 Å². The Labute approximate surface area is 122 Å². The number of primary amides is 1. The van der Waals surface area contributed by atoms with Crippen LogP contribution in [0.2, 0.25) is 5.02 Å². The monoisotopic (exact) mass is 299 g/mol. The number of nitrogens with zero attached hydrogens (tertiary/aromatic N) is 4. The Hall–Kier alpha value is -1.44. The van der Waals surface area contributed by atoms with Gasteiger partial charge in [0, 0.05) is 19.6 Å². The zero-order chi connectivity index (χ0) is 14.5. The molecule has 8 heteroatoms. The van der Waals surface area contributed by atoms with Gasteiger partial charge in [0.15, 0.2) is 0 Å². The normalized spacial score (nSPS) is 19.4. The fraction of sp³-hybridized carbons (Fsp3) is 0.583. The molecule has 20 heavy (non-hydrogen) atoms. The summed E-state index contributed by atoms with van der Waals surface area (Å²) in [7, 11) is 1.84. The number of hydrogen-bond donors (Lipinski definition) is 1. The lowest BCUT2D eigenvalue weighted by Gasteiger charge is -2.34. The first-order valence-electron chi connectivity index (χ1n) is 6.35. The van der Waals surface area contributed by atoms with E-state index in [0.717, 1.165) is 6.54 Å². The van der Waals surface area contributed by atoms with E-state index >= 15 is 0 Å². The number of morpholine rings is 1. The van der Waals surface area contributed by atoms with Gasteiger partial charge in [-0.1, -0.05) is 11.6 Å². The second-order valence-corrected chi connectivity index (χ2v) is 5.24. The van der Waals surface area contributed by atoms with Crippen LogP contribution >= 0.6 is 11.6 Å². The van der Waals surface area contributed by atoms with E-state index in [-0.39, 0.29) is 18.6 Å². The number of carbonyl (C=O) groups excluding carboxylic acids is 1. The minimum absolute atomic E-state index is 0.00706. The Kier molecular flexibility index (Phi) is 5.11. The lowest BCUT2D eigenvalue weighted by molar-refractivity contribution is -0.119. The highest BCUT2D eigenvalue weighted by molar-refractivity contribution is 6.30. The number of halogens is 1. The molecule has 2 rings (SSSR count). The maximum atomic E-state index is 10.9. The molecule has 0 aromatic carbocycles. The third kappa shape index (κ3) is 4.29. The van der Waals surface area contributed by atoms with E-state index in [2.05, 4.69) is 9.97 Å². The summed E-state index contributed by atoms with van der Waals surface area (Å²) < 4.78 is 5.69. The lowest BCUT2D eigenvalue weighted by Crippen LogP contribution is -2.48. The molecule has 1 atom stereocenters. The highest BCUT2D eigenvalue weighted by atomic mass is 35.5. The van der Waals surface area contributed by atoms with Gasteiger partial charge in [0.2, 0.25) is 11.9 Å². The molecule has 1 aromatic rings. The van der Waals surface area contributed by atoms with E-state index in [1.54, 1.807) is 12.4 Å². The van der Waals surface area contributed by atoms with Crippen molar-refractivity contribution in [1.29, 1.82) is 0 Å². The molecule has 1 saturated heterocycles. The van der Waals surface area contributed by atoms with Crippen LogP contribution in [0.25, 0.3) is 0 Å². The first-order valence-corrected chi connectivity index (χ1v) is 6.73. The van der Waals surface area contributed by atoms with Crippen molar-refractivity contribution in [2.45, 2.75) is 6.10 Å². The van der Waals surface area contributed by atoms with E-state index in [1.165, 1.54) is 0 Å². The molecule has 1 fully saturated rings. The molecule has 0 radical (unpaired) electrons. The first-order chi connectivity index (χ1) is 9.54. The van der Waals surface area contributed by atoms with Gasteiger partial charge in [0.25, 0.3) is 0 Å². The number of ether oxygens (including phenoxy) is 1. The number of aromatic nitrogens is 2. The third-order valence-corrected chi connectivity index (χ3v) is 3.16. The van der Waals surface area contributed by atoms with Crippen molar-refractivity contribution in [2.75, 3.05) is 44.7 Å². The number of amides is 1. The van der Waals surface area contributed by atoms with Gasteiger partial charge in [-0.15, -0.1) is 0 Å². The lowest BCUT2D eigenvalue weighted by atomic mass is 10.2. The predicted octanol–water partition coefficient (Wildman–Crippen LogP) is -0.248. The molecule has 0 aliphatic carbocycles. The quantitative estimate of drug-likeness (QED) is 0.807. The summed E-state index contributed by atoms with van der Waals surface area (Å²) in [6.45, 7) is 2.85. The number of carbonyl (C=O) groups is 1. The van der Waals surface area contributed by atoms with Crippen LogP contribution in [0.5, 0.6) is 0 Å². The summed E-state index contributed by atoms with van der Waals surface area (Å²) in [4.78, 5) is 23.2. The minimum Gasteiger partial charge on any atom is -0.373 e. The maximum absolute atomic E-state index is 10.9. The number of rotatable bonds is 5. The van der Waals surface area contributed by atoms with Gasteiger partial charge in [-0.05, 0) is 7.05 Å². The van der Waals surface area contributed by atoms with Gasteiger partial charge in [-0.2, -0.15) is 0 Å². The fourth-order valence-corrected chi connectivity index (χ4v) is 2.26. The molecule has 2 heterocycles. The molecule has 2 N–H and O–H groups in total. The summed E-state index contributed by atoms with van der Waals surface area (Å²) in [5, 5.41) is 0.514. The Morgan fingerprint density at radius 1 is 1.60 bits per heavy atom. The van der Waals surface area contributed by atoms with Gasteiger partial charge in [0.05, 0.1) is 36.7 Å². The van der Waals surface area contributed by atoms with Crippen LogP contribution in [0.4, 0.5) is 5.95 Å². The van der Waals surface area contributed by atoms with Gasteiger partial charge >= 0.3 is 0 Å². The molecule has 0 saturated carbocycles. The topological polar surface area (TPSA) is 84.6 Å². The zero-order valence-electron chi connectivity index (χ0n) is 11.3. The van der Waals surface area contributed by atoms with Crippen LogP contribution in [-0.2, 0) is 9.53 Å². The van der Waals surface area contributed by atoms with E-state index < -0.39 is 0 Å². The van der Waals surface area contributed by atoms with Crippen LogP contribution in [-0.4, -0.2) is 66.7 Å². The van der Waals surface area contributed by atoms with Crippen LogP contribution < -0.4 is 10.6 Å². The van der Waals surface area contributed by atoms with Crippen LogP contribution in [0.3, 0.4) is 0 Å². The number of hydrogen-bond acceptors (Lipinski definition) is 6. The summed E-state index contributed by atoms with van der Waals surface area (Å²) >= 11 is 5.78. The predicted molar refractivity (Wildman–Crippen MR) is 75.7 cm³/mol. The maximum Gasteiger partial charge on any atom is 0.231 e. The van der Waals surface area contributed by atoms with E-state index in [1.807, 2.05) is 16.8 Å². The number of likely N-dealkylation sites (N-methyl/N-ethyl adjacent to an activating group) is 1. The average Bonchev–Trinajstić information content (AvgIpc) is 2.38. The van der Waals surface area contributed by atoms with Crippen molar-refractivity contribution in [3.8, 4) is 0 Å². The first kappa shape index (κ1) is 15.0. The van der Waals surface area contributed by atoms with E-state index in [0.29, 0.717) is 30.7 Å². The molecular formula is C12H18ClN5O2. The third-order valence-electron chi connectivity index (χ3n) is 2.97. The molecule has 110 valence electrons. The Bertz CT molecular complexity index is 456. The molecule has 0 bridgehead atoms. The smallest absolute Gasteiger partial charge is 0.231 e. The highest BCUT2D eigenvalue weighted by Crippen LogP contribution is 2.14. The second kappa shape index (κ2) is 6.83. The summed E-state index contributed by atoms with van der Waals surface area (Å²) in [5.41, 5.74) is 5.17. The SMILES string of the molecule is CN(CC(N)=O)C[C@@H]1CN(c2ncc(Cl)cn2)CCO1. The van der Waals surface area contributed by atoms with E-state index in [4.69, 9.17) is 22.1 Å². The zero-order valence-corrected chi connectivity index (χ0v) is 12.1. The Balaban J connectivity index is 1.91. The largest absolute Gasteiger partial charge is 0.373 e. The van der Waals surface area contributed by atoms with Crippen molar-refractivity contribution < 1.29 is 9.53 Å². The van der Waals surface area contributed by atoms with E-state index in [9.17, 15) is 4.79 Å². The van der Waals surface area contributed by atoms with Crippen LogP contribution in [0.1, 0.15) is 0 Å². The van der Waals surface area contributed by atoms with Crippen LogP contribution in [0.15, 0.2) is 12.4 Å². The van der Waals surface area contributed by atoms with Gasteiger partial charge in [0.1, 0.15) is 0 Å². The minimum atomic E-state index is -0.346. The second-order valence-electron chi connectivity index (χ2n) is 4.80. The molecule has 1 aliphatic rings. The van der Waals surface area contributed by atoms with Crippen LogP contribution in [0, 0.1) is 0 Å². The van der Waals surface area contributed by atoms with Crippen molar-refractivity contribution in [2.24, 2.45) is 5.73 Å². The van der Waals surface area contributed by atoms with Crippen molar-refractivity contribution >= 4 is 23.5 Å². The molecule has 1 aliphatic heterocycles. The number of anilines is 1. The number of nitrogens with two attached hydrogens (primary N) is 1. The Morgan fingerprint density at radius 2 is 2.30 bits per heavy atom. The van der Waals surface area contributed by atoms with Gasteiger partial charge < -0.3 is 15.4 Å². The molecule has 7 nitrogen and oxygen atoms in total. The molecule has 1 amide bonds. The van der Waals surface area contributed by atoms with Crippen molar-refractivity contribution in [3.63, 3.8) is 0 Å².